The molecule has 0 atom stereocenters. The molecule has 0 amide bonds. The highest BCUT2D eigenvalue weighted by Crippen LogP contribution is 2.37. The predicted octanol–water partition coefficient (Wildman–Crippen LogP) is 4.27. The zero-order valence-electron chi connectivity index (χ0n) is 12.2. The van der Waals surface area contributed by atoms with Crippen LogP contribution in [0.3, 0.4) is 0 Å². The van der Waals surface area contributed by atoms with Crippen molar-refractivity contribution in [2.24, 2.45) is 0 Å². The predicted molar refractivity (Wildman–Crippen MR) is 88.5 cm³/mol. The average Bonchev–Trinajstić information content (AvgIpc) is 2.82. The van der Waals surface area contributed by atoms with E-state index in [2.05, 4.69) is 0 Å². The van der Waals surface area contributed by atoms with E-state index in [-0.39, 0.29) is 5.43 Å². The van der Waals surface area contributed by atoms with E-state index < -0.39 is 0 Å². The van der Waals surface area contributed by atoms with Crippen LogP contribution in [0.25, 0.3) is 22.1 Å². The van der Waals surface area contributed by atoms with Gasteiger partial charge in [-0.25, -0.2) is 0 Å². The van der Waals surface area contributed by atoms with Crippen molar-refractivity contribution in [3.63, 3.8) is 0 Å². The molecule has 0 saturated heterocycles. The van der Waals surface area contributed by atoms with E-state index in [0.717, 1.165) is 12.0 Å². The molecule has 1 aliphatic rings. The summed E-state index contributed by atoms with van der Waals surface area (Å²) < 4.78 is 17.0. The molecule has 3 aromatic rings. The molecular weight excluding hydrogens is 316 g/mol. The highest BCUT2D eigenvalue weighted by molar-refractivity contribution is 6.30. The standard InChI is InChI=1S/C18H13ClO4/c19-12-4-2-11(3-5-12)14-10-23-17-13(16(14)20)6-7-15-18(17)22-9-1-8-21-15/h2-7,10H,1,8-9H2. The van der Waals surface area contributed by atoms with Crippen LogP contribution in [0.5, 0.6) is 11.5 Å². The summed E-state index contributed by atoms with van der Waals surface area (Å²) in [5, 5.41) is 1.09. The lowest BCUT2D eigenvalue weighted by Gasteiger charge is -2.10. The Balaban J connectivity index is 1.92. The van der Waals surface area contributed by atoms with E-state index in [1.54, 1.807) is 36.4 Å². The van der Waals surface area contributed by atoms with Crippen molar-refractivity contribution >= 4 is 22.6 Å². The van der Waals surface area contributed by atoms with Crippen LogP contribution in [0, 0.1) is 0 Å². The molecule has 0 saturated carbocycles. The zero-order chi connectivity index (χ0) is 15.8. The van der Waals surface area contributed by atoms with Crippen LogP contribution in [0.1, 0.15) is 6.42 Å². The lowest BCUT2D eigenvalue weighted by Crippen LogP contribution is -2.06. The van der Waals surface area contributed by atoms with Crippen molar-refractivity contribution in [3.05, 3.63) is 57.9 Å². The minimum Gasteiger partial charge on any atom is -0.489 e. The van der Waals surface area contributed by atoms with Crippen LogP contribution >= 0.6 is 11.6 Å². The molecule has 0 fully saturated rings. The lowest BCUT2D eigenvalue weighted by atomic mass is 10.1. The molecule has 2 heterocycles. The van der Waals surface area contributed by atoms with Gasteiger partial charge >= 0.3 is 0 Å². The van der Waals surface area contributed by atoms with Crippen LogP contribution in [0.4, 0.5) is 0 Å². The topological polar surface area (TPSA) is 48.7 Å². The fourth-order valence-corrected chi connectivity index (χ4v) is 2.78. The summed E-state index contributed by atoms with van der Waals surface area (Å²) in [7, 11) is 0. The van der Waals surface area contributed by atoms with Gasteiger partial charge in [0.25, 0.3) is 0 Å². The molecule has 0 spiro atoms. The molecule has 0 N–H and O–H groups in total. The number of ether oxygens (including phenoxy) is 2. The maximum atomic E-state index is 12.8. The van der Waals surface area contributed by atoms with Gasteiger partial charge in [0.1, 0.15) is 6.26 Å². The van der Waals surface area contributed by atoms with Gasteiger partial charge in [0.05, 0.1) is 24.2 Å². The summed E-state index contributed by atoms with van der Waals surface area (Å²) in [4.78, 5) is 12.8. The summed E-state index contributed by atoms with van der Waals surface area (Å²) in [6.45, 7) is 1.13. The van der Waals surface area contributed by atoms with Gasteiger partial charge in [0.15, 0.2) is 11.3 Å². The second-order valence-electron chi connectivity index (χ2n) is 5.31. The minimum atomic E-state index is -0.107. The monoisotopic (exact) mass is 328 g/mol. The highest BCUT2D eigenvalue weighted by Gasteiger charge is 2.19. The fraction of sp³-hybridized carbons (Fsp3) is 0.167. The summed E-state index contributed by atoms with van der Waals surface area (Å²) in [5.74, 6) is 1.11. The van der Waals surface area contributed by atoms with Gasteiger partial charge in [-0.15, -0.1) is 0 Å². The van der Waals surface area contributed by atoms with Crippen LogP contribution in [0.15, 0.2) is 51.9 Å². The maximum Gasteiger partial charge on any atom is 0.204 e. The molecule has 0 bridgehead atoms. The molecule has 116 valence electrons. The van der Waals surface area contributed by atoms with Crippen molar-refractivity contribution in [3.8, 4) is 22.6 Å². The van der Waals surface area contributed by atoms with Crippen LogP contribution in [-0.2, 0) is 0 Å². The van der Waals surface area contributed by atoms with E-state index in [1.807, 2.05) is 0 Å². The van der Waals surface area contributed by atoms with E-state index >= 15 is 0 Å². The third kappa shape index (κ3) is 2.45. The normalized spacial score (nSPS) is 13.8. The number of hydrogen-bond acceptors (Lipinski definition) is 4. The molecule has 1 aromatic heterocycles. The first-order valence-corrected chi connectivity index (χ1v) is 7.72. The molecule has 0 radical (unpaired) electrons. The Morgan fingerprint density at radius 1 is 0.957 bits per heavy atom. The fourth-order valence-electron chi connectivity index (χ4n) is 2.65. The number of rotatable bonds is 1. The summed E-state index contributed by atoms with van der Waals surface area (Å²) >= 11 is 5.90. The average molecular weight is 329 g/mol. The molecule has 4 nitrogen and oxygen atoms in total. The second-order valence-corrected chi connectivity index (χ2v) is 5.74. The first-order valence-electron chi connectivity index (χ1n) is 7.34. The van der Waals surface area contributed by atoms with Crippen molar-refractivity contribution in [1.29, 1.82) is 0 Å². The van der Waals surface area contributed by atoms with Crippen molar-refractivity contribution in [2.45, 2.75) is 6.42 Å². The van der Waals surface area contributed by atoms with Crippen LogP contribution in [0.2, 0.25) is 5.02 Å². The SMILES string of the molecule is O=c1c(-c2ccc(Cl)cc2)coc2c3c(ccc12)OCCCO3. The smallest absolute Gasteiger partial charge is 0.204 e. The summed E-state index contributed by atoms with van der Waals surface area (Å²) in [6, 6.07) is 10.6. The van der Waals surface area contributed by atoms with Crippen LogP contribution < -0.4 is 14.9 Å². The third-order valence-electron chi connectivity index (χ3n) is 3.81. The van der Waals surface area contributed by atoms with E-state index in [0.29, 0.717) is 46.3 Å². The Hall–Kier alpha value is -2.46. The first kappa shape index (κ1) is 14.2. The zero-order valence-corrected chi connectivity index (χ0v) is 12.9. The second kappa shape index (κ2) is 5.63. The summed E-state index contributed by atoms with van der Waals surface area (Å²) in [6.07, 6.45) is 2.26. The van der Waals surface area contributed by atoms with Gasteiger partial charge < -0.3 is 13.9 Å². The number of hydrogen-bond donors (Lipinski definition) is 0. The van der Waals surface area contributed by atoms with Gasteiger partial charge in [-0.1, -0.05) is 23.7 Å². The first-order chi connectivity index (χ1) is 11.2. The molecule has 4 rings (SSSR count). The molecule has 1 aliphatic heterocycles. The van der Waals surface area contributed by atoms with Crippen LogP contribution in [-0.4, -0.2) is 13.2 Å². The Morgan fingerprint density at radius 2 is 1.74 bits per heavy atom. The Bertz CT molecular complexity index is 928. The van der Waals surface area contributed by atoms with E-state index in [4.69, 9.17) is 25.5 Å². The molecule has 0 aliphatic carbocycles. The lowest BCUT2D eigenvalue weighted by molar-refractivity contribution is 0.296. The highest BCUT2D eigenvalue weighted by atomic mass is 35.5. The van der Waals surface area contributed by atoms with E-state index in [9.17, 15) is 4.79 Å². The van der Waals surface area contributed by atoms with E-state index in [1.165, 1.54) is 6.26 Å². The molecule has 5 heteroatoms. The van der Waals surface area contributed by atoms with Crippen molar-refractivity contribution in [1.82, 2.24) is 0 Å². The Kier molecular flexibility index (Phi) is 3.46. The van der Waals surface area contributed by atoms with Gasteiger partial charge in [-0.05, 0) is 29.8 Å². The van der Waals surface area contributed by atoms with Gasteiger partial charge in [-0.2, -0.15) is 0 Å². The number of benzene rings is 2. The Labute approximate surface area is 137 Å². The van der Waals surface area contributed by atoms with Gasteiger partial charge in [0.2, 0.25) is 11.2 Å². The maximum absolute atomic E-state index is 12.8. The largest absolute Gasteiger partial charge is 0.489 e. The quantitative estimate of drug-likeness (QED) is 0.669. The molecule has 0 unspecified atom stereocenters. The third-order valence-corrected chi connectivity index (χ3v) is 4.06. The van der Waals surface area contributed by atoms with Crippen molar-refractivity contribution in [2.75, 3.05) is 13.2 Å². The molecule has 2 aromatic carbocycles. The Morgan fingerprint density at radius 3 is 2.57 bits per heavy atom. The number of halogens is 1. The number of fused-ring (bicyclic) bond motifs is 3. The molecular formula is C18H13ClO4. The van der Waals surface area contributed by atoms with Gasteiger partial charge in [-0.3, -0.25) is 4.79 Å². The van der Waals surface area contributed by atoms with Gasteiger partial charge in [0, 0.05) is 11.4 Å². The van der Waals surface area contributed by atoms with Crippen molar-refractivity contribution < 1.29 is 13.9 Å². The summed E-state index contributed by atoms with van der Waals surface area (Å²) in [5.41, 5.74) is 1.57. The minimum absolute atomic E-state index is 0.107. The molecule has 23 heavy (non-hydrogen) atoms.